The molecule has 1 aliphatic rings. The van der Waals surface area contributed by atoms with Crippen molar-refractivity contribution < 1.29 is 9.31 Å². The molecule has 118 valence electrons. The van der Waals surface area contributed by atoms with Gasteiger partial charge in [0.25, 0.3) is 0 Å². The molecule has 0 saturated carbocycles. The van der Waals surface area contributed by atoms with Crippen LogP contribution in [-0.4, -0.2) is 27.9 Å². The van der Waals surface area contributed by atoms with Crippen LogP contribution >= 0.6 is 0 Å². The third-order valence-electron chi connectivity index (χ3n) is 4.67. The fraction of sp³-hybridized carbons (Fsp3) is 0.412. The fourth-order valence-corrected chi connectivity index (χ4v) is 2.54. The first-order valence-corrected chi connectivity index (χ1v) is 7.64. The summed E-state index contributed by atoms with van der Waals surface area (Å²) in [5.74, 6) is 0. The average Bonchev–Trinajstić information content (AvgIpc) is 3.00. The Balaban J connectivity index is 1.98. The minimum absolute atomic E-state index is 0.426. The van der Waals surface area contributed by atoms with Crippen molar-refractivity contribution in [3.05, 3.63) is 42.0 Å². The van der Waals surface area contributed by atoms with Crippen LogP contribution in [0, 0.1) is 18.3 Å². The summed E-state index contributed by atoms with van der Waals surface area (Å²) >= 11 is 0. The molecule has 0 N–H and O–H groups in total. The predicted octanol–water partition coefficient (Wildman–Crippen LogP) is 2.35. The molecule has 6 heteroatoms. The molecule has 2 aromatic rings. The van der Waals surface area contributed by atoms with E-state index in [0.29, 0.717) is 5.56 Å². The standard InChI is InChI=1S/C17H20BN3O2/c1-12-10-21(11-20-12)14-6-7-15(13(8-14)9-19)18-22-16(2,3)17(4,5)23-18/h6-8,10-11H,1-5H3. The summed E-state index contributed by atoms with van der Waals surface area (Å²) in [6.45, 7) is 9.94. The predicted molar refractivity (Wildman–Crippen MR) is 88.7 cm³/mol. The Morgan fingerprint density at radius 2 is 1.83 bits per heavy atom. The fourth-order valence-electron chi connectivity index (χ4n) is 2.54. The van der Waals surface area contributed by atoms with Gasteiger partial charge < -0.3 is 13.9 Å². The van der Waals surface area contributed by atoms with Crippen LogP contribution in [0.2, 0.25) is 0 Å². The molecular weight excluding hydrogens is 289 g/mol. The molecule has 0 atom stereocenters. The monoisotopic (exact) mass is 309 g/mol. The Kier molecular flexibility index (Phi) is 3.59. The van der Waals surface area contributed by atoms with Gasteiger partial charge in [-0.3, -0.25) is 0 Å². The summed E-state index contributed by atoms with van der Waals surface area (Å²) in [6, 6.07) is 7.93. The summed E-state index contributed by atoms with van der Waals surface area (Å²) in [5, 5.41) is 9.53. The van der Waals surface area contributed by atoms with Crippen LogP contribution in [0.15, 0.2) is 30.7 Å². The highest BCUT2D eigenvalue weighted by Crippen LogP contribution is 2.36. The summed E-state index contributed by atoms with van der Waals surface area (Å²) in [5.41, 5.74) is 2.27. The van der Waals surface area contributed by atoms with E-state index in [1.54, 1.807) is 6.33 Å². The number of nitriles is 1. The Morgan fingerprint density at radius 1 is 1.17 bits per heavy atom. The maximum absolute atomic E-state index is 9.53. The highest BCUT2D eigenvalue weighted by molar-refractivity contribution is 6.62. The second-order valence-electron chi connectivity index (χ2n) is 6.89. The molecule has 2 heterocycles. The lowest BCUT2D eigenvalue weighted by Gasteiger charge is -2.32. The van der Waals surface area contributed by atoms with Crippen molar-refractivity contribution >= 4 is 12.6 Å². The van der Waals surface area contributed by atoms with Gasteiger partial charge in [0.1, 0.15) is 0 Å². The molecule has 1 fully saturated rings. The first-order chi connectivity index (χ1) is 10.7. The molecule has 3 rings (SSSR count). The Labute approximate surface area is 137 Å². The Morgan fingerprint density at radius 3 is 2.35 bits per heavy atom. The third kappa shape index (κ3) is 2.67. The summed E-state index contributed by atoms with van der Waals surface area (Å²) in [7, 11) is -0.534. The minimum atomic E-state index is -0.534. The van der Waals surface area contributed by atoms with Crippen molar-refractivity contribution in [3.63, 3.8) is 0 Å². The zero-order chi connectivity index (χ0) is 16.8. The smallest absolute Gasteiger partial charge is 0.399 e. The quantitative estimate of drug-likeness (QED) is 0.799. The van der Waals surface area contributed by atoms with E-state index in [1.807, 2.05) is 63.6 Å². The van der Waals surface area contributed by atoms with E-state index in [2.05, 4.69) is 11.1 Å². The van der Waals surface area contributed by atoms with Crippen LogP contribution in [0.25, 0.3) is 5.69 Å². The average molecular weight is 309 g/mol. The van der Waals surface area contributed by atoms with Crippen molar-refractivity contribution in [1.82, 2.24) is 9.55 Å². The van der Waals surface area contributed by atoms with Gasteiger partial charge in [0.2, 0.25) is 0 Å². The number of nitrogens with zero attached hydrogens (tertiary/aromatic N) is 3. The van der Waals surface area contributed by atoms with E-state index in [0.717, 1.165) is 16.8 Å². The van der Waals surface area contributed by atoms with E-state index in [1.165, 1.54) is 0 Å². The number of hydrogen-bond acceptors (Lipinski definition) is 4. The van der Waals surface area contributed by atoms with E-state index < -0.39 is 18.3 Å². The second-order valence-corrected chi connectivity index (χ2v) is 6.89. The molecule has 1 aliphatic heterocycles. The first kappa shape index (κ1) is 15.8. The lowest BCUT2D eigenvalue weighted by atomic mass is 9.76. The summed E-state index contributed by atoms with van der Waals surface area (Å²) in [4.78, 5) is 4.22. The molecule has 0 radical (unpaired) electrons. The van der Waals surface area contributed by atoms with Gasteiger partial charge in [-0.15, -0.1) is 0 Å². The Bertz CT molecular complexity index is 773. The number of aryl methyl sites for hydroxylation is 1. The summed E-state index contributed by atoms with van der Waals surface area (Å²) in [6.07, 6.45) is 3.66. The zero-order valence-electron chi connectivity index (χ0n) is 14.1. The molecule has 1 saturated heterocycles. The molecule has 0 bridgehead atoms. The molecular formula is C17H20BN3O2. The van der Waals surface area contributed by atoms with Gasteiger partial charge in [0.15, 0.2) is 0 Å². The second kappa shape index (κ2) is 5.22. The van der Waals surface area contributed by atoms with Crippen molar-refractivity contribution in [2.75, 3.05) is 0 Å². The van der Waals surface area contributed by atoms with Crippen molar-refractivity contribution in [2.24, 2.45) is 0 Å². The van der Waals surface area contributed by atoms with E-state index in [-0.39, 0.29) is 0 Å². The van der Waals surface area contributed by atoms with Crippen LogP contribution in [-0.2, 0) is 9.31 Å². The third-order valence-corrected chi connectivity index (χ3v) is 4.67. The normalized spacial score (nSPS) is 18.9. The van der Waals surface area contributed by atoms with Gasteiger partial charge in [-0.1, -0.05) is 6.07 Å². The molecule has 0 aliphatic carbocycles. The van der Waals surface area contributed by atoms with Crippen molar-refractivity contribution in [1.29, 1.82) is 5.26 Å². The molecule has 1 aromatic carbocycles. The molecule has 23 heavy (non-hydrogen) atoms. The number of rotatable bonds is 2. The lowest BCUT2D eigenvalue weighted by Crippen LogP contribution is -2.41. The van der Waals surface area contributed by atoms with Crippen LogP contribution in [0.1, 0.15) is 39.0 Å². The van der Waals surface area contributed by atoms with Gasteiger partial charge in [-0.2, -0.15) is 5.26 Å². The van der Waals surface area contributed by atoms with Gasteiger partial charge >= 0.3 is 7.12 Å². The molecule has 5 nitrogen and oxygen atoms in total. The summed E-state index contributed by atoms with van der Waals surface area (Å²) < 4.78 is 14.0. The molecule has 0 amide bonds. The van der Waals surface area contributed by atoms with Crippen LogP contribution in [0.3, 0.4) is 0 Å². The van der Waals surface area contributed by atoms with Crippen LogP contribution in [0.4, 0.5) is 0 Å². The lowest BCUT2D eigenvalue weighted by molar-refractivity contribution is 0.00578. The van der Waals surface area contributed by atoms with Gasteiger partial charge in [-0.25, -0.2) is 4.98 Å². The van der Waals surface area contributed by atoms with E-state index >= 15 is 0 Å². The van der Waals surface area contributed by atoms with Crippen molar-refractivity contribution in [3.8, 4) is 11.8 Å². The van der Waals surface area contributed by atoms with E-state index in [9.17, 15) is 5.26 Å². The zero-order valence-corrected chi connectivity index (χ0v) is 14.1. The van der Waals surface area contributed by atoms with E-state index in [4.69, 9.17) is 9.31 Å². The maximum atomic E-state index is 9.53. The van der Waals surface area contributed by atoms with Crippen LogP contribution in [0.5, 0.6) is 0 Å². The molecule has 1 aromatic heterocycles. The topological polar surface area (TPSA) is 60.1 Å². The van der Waals surface area contributed by atoms with Gasteiger partial charge in [0.05, 0.1) is 34.9 Å². The molecule has 0 unspecified atom stereocenters. The van der Waals surface area contributed by atoms with Gasteiger partial charge in [-0.05, 0) is 46.8 Å². The number of imidazole rings is 1. The SMILES string of the molecule is Cc1cn(-c2ccc(B3OC(C)(C)C(C)(C)O3)c(C#N)c2)cn1. The van der Waals surface area contributed by atoms with Crippen molar-refractivity contribution in [2.45, 2.75) is 45.8 Å². The minimum Gasteiger partial charge on any atom is -0.399 e. The number of hydrogen-bond donors (Lipinski definition) is 0. The van der Waals surface area contributed by atoms with Gasteiger partial charge in [0, 0.05) is 17.3 Å². The number of benzene rings is 1. The Hall–Kier alpha value is -2.10. The largest absolute Gasteiger partial charge is 0.496 e. The number of aromatic nitrogens is 2. The maximum Gasteiger partial charge on any atom is 0.496 e. The van der Waals surface area contributed by atoms with Crippen LogP contribution < -0.4 is 5.46 Å². The first-order valence-electron chi connectivity index (χ1n) is 7.64. The highest BCUT2D eigenvalue weighted by atomic mass is 16.7. The highest BCUT2D eigenvalue weighted by Gasteiger charge is 2.52. The molecule has 0 spiro atoms.